The van der Waals surface area contributed by atoms with E-state index in [2.05, 4.69) is 25.7 Å². The molecule has 0 spiro atoms. The molecular weight excluding hydrogens is 303 g/mol. The number of carbonyl (C=O) groups is 1. The number of hydrogen-bond donors (Lipinski definition) is 0. The van der Waals surface area contributed by atoms with E-state index in [-0.39, 0.29) is 16.8 Å². The van der Waals surface area contributed by atoms with E-state index in [1.807, 2.05) is 0 Å². The maximum absolute atomic E-state index is 12.6. The predicted octanol–water partition coefficient (Wildman–Crippen LogP) is 2.97. The second kappa shape index (κ2) is 5.48. The maximum Gasteiger partial charge on any atom is 0.433 e. The minimum atomic E-state index is -4.59. The van der Waals surface area contributed by atoms with E-state index >= 15 is 0 Å². The molecule has 0 aliphatic rings. The van der Waals surface area contributed by atoms with Gasteiger partial charge in [-0.2, -0.15) is 13.2 Å². The highest BCUT2D eigenvalue weighted by Crippen LogP contribution is 2.31. The lowest BCUT2D eigenvalue weighted by atomic mass is 10.1. The van der Waals surface area contributed by atoms with Gasteiger partial charge in [0.25, 0.3) is 0 Å². The van der Waals surface area contributed by atoms with Gasteiger partial charge in [-0.1, -0.05) is 6.07 Å². The van der Waals surface area contributed by atoms with Crippen molar-refractivity contribution in [2.24, 2.45) is 0 Å². The third-order valence-corrected chi connectivity index (χ3v) is 2.30. The molecule has 0 saturated heterocycles. The van der Waals surface area contributed by atoms with Gasteiger partial charge in [-0.15, -0.1) is 0 Å². The van der Waals surface area contributed by atoms with Crippen LogP contribution < -0.4 is 0 Å². The van der Waals surface area contributed by atoms with E-state index in [1.165, 1.54) is 12.1 Å². The minimum Gasteiger partial charge on any atom is -0.466 e. The molecule has 1 rings (SSSR count). The van der Waals surface area contributed by atoms with Gasteiger partial charge < -0.3 is 4.74 Å². The molecule has 0 aromatic carbocycles. The second-order valence-corrected chi connectivity index (χ2v) is 3.93. The summed E-state index contributed by atoms with van der Waals surface area (Å²) in [6, 6.07) is 2.56. The smallest absolute Gasteiger partial charge is 0.433 e. The number of esters is 1. The summed E-state index contributed by atoms with van der Waals surface area (Å²) in [5, 5.41) is 0. The molecule has 17 heavy (non-hydrogen) atoms. The zero-order valence-corrected chi connectivity index (χ0v) is 10.4. The third-order valence-electron chi connectivity index (χ3n) is 1.85. The average Bonchev–Trinajstić information content (AvgIpc) is 2.19. The third kappa shape index (κ3) is 3.99. The van der Waals surface area contributed by atoms with Crippen molar-refractivity contribution in [3.8, 4) is 0 Å². The van der Waals surface area contributed by atoms with E-state index in [0.717, 1.165) is 0 Å². The summed E-state index contributed by atoms with van der Waals surface area (Å²) < 4.78 is 42.6. The van der Waals surface area contributed by atoms with Gasteiger partial charge in [0.2, 0.25) is 0 Å². The van der Waals surface area contributed by atoms with Crippen LogP contribution in [-0.2, 0) is 22.1 Å². The SMILES string of the molecule is CCOC(=O)Cc1ccc(Br)nc1C(F)(F)F. The van der Waals surface area contributed by atoms with E-state index in [0.29, 0.717) is 0 Å². The van der Waals surface area contributed by atoms with E-state index in [4.69, 9.17) is 0 Å². The molecule has 0 amide bonds. The summed E-state index contributed by atoms with van der Waals surface area (Å²) in [6.07, 6.45) is -5.03. The fourth-order valence-electron chi connectivity index (χ4n) is 1.22. The molecule has 0 aliphatic heterocycles. The first kappa shape index (κ1) is 14.0. The van der Waals surface area contributed by atoms with Gasteiger partial charge in [0.05, 0.1) is 13.0 Å². The summed E-state index contributed by atoms with van der Waals surface area (Å²) in [4.78, 5) is 14.5. The molecule has 0 N–H and O–H groups in total. The Hall–Kier alpha value is -1.11. The standard InChI is InChI=1S/C10H9BrF3NO2/c1-2-17-8(16)5-6-3-4-7(11)15-9(6)10(12,13)14/h3-4H,2,5H2,1H3. The normalized spacial score (nSPS) is 11.4. The summed E-state index contributed by atoms with van der Waals surface area (Å²) in [7, 11) is 0. The van der Waals surface area contributed by atoms with Crippen LogP contribution in [0.15, 0.2) is 16.7 Å². The Morgan fingerprint density at radius 3 is 2.65 bits per heavy atom. The number of nitrogens with zero attached hydrogens (tertiary/aromatic N) is 1. The van der Waals surface area contributed by atoms with Gasteiger partial charge in [-0.05, 0) is 34.5 Å². The number of hydrogen-bond acceptors (Lipinski definition) is 3. The molecule has 1 aromatic heterocycles. The molecular formula is C10H9BrF3NO2. The monoisotopic (exact) mass is 311 g/mol. The Bertz CT molecular complexity index is 421. The van der Waals surface area contributed by atoms with Gasteiger partial charge >= 0.3 is 12.1 Å². The Morgan fingerprint density at radius 2 is 2.12 bits per heavy atom. The zero-order valence-electron chi connectivity index (χ0n) is 8.84. The second-order valence-electron chi connectivity index (χ2n) is 3.12. The van der Waals surface area contributed by atoms with Gasteiger partial charge in [-0.25, -0.2) is 4.98 Å². The molecule has 0 radical (unpaired) electrons. The predicted molar refractivity (Wildman–Crippen MR) is 57.3 cm³/mol. The lowest BCUT2D eigenvalue weighted by molar-refractivity contribution is -0.144. The zero-order chi connectivity index (χ0) is 13.1. The van der Waals surface area contributed by atoms with Gasteiger partial charge in [-0.3, -0.25) is 4.79 Å². The van der Waals surface area contributed by atoms with Crippen LogP contribution in [0.3, 0.4) is 0 Å². The molecule has 3 nitrogen and oxygen atoms in total. The van der Waals surface area contributed by atoms with Crippen molar-refractivity contribution in [1.82, 2.24) is 4.98 Å². The Labute approximate surface area is 104 Å². The number of carbonyl (C=O) groups excluding carboxylic acids is 1. The van der Waals surface area contributed by atoms with Crippen LogP contribution in [0.4, 0.5) is 13.2 Å². The Balaban J connectivity index is 3.03. The van der Waals surface area contributed by atoms with Crippen molar-refractivity contribution in [2.75, 3.05) is 6.61 Å². The molecule has 1 heterocycles. The molecule has 0 bridgehead atoms. The van der Waals surface area contributed by atoms with Crippen molar-refractivity contribution in [3.63, 3.8) is 0 Å². The number of ether oxygens (including phenoxy) is 1. The van der Waals surface area contributed by atoms with E-state index < -0.39 is 24.3 Å². The summed E-state index contributed by atoms with van der Waals surface area (Å²) in [5.41, 5.74) is -1.26. The molecule has 7 heteroatoms. The topological polar surface area (TPSA) is 39.2 Å². The number of pyridine rings is 1. The fraction of sp³-hybridized carbons (Fsp3) is 0.400. The van der Waals surface area contributed by atoms with Gasteiger partial charge in [0.1, 0.15) is 10.3 Å². The van der Waals surface area contributed by atoms with Crippen LogP contribution in [0.2, 0.25) is 0 Å². The first-order valence-electron chi connectivity index (χ1n) is 4.72. The molecule has 0 atom stereocenters. The molecule has 94 valence electrons. The number of alkyl halides is 3. The molecule has 1 aromatic rings. The highest BCUT2D eigenvalue weighted by Gasteiger charge is 2.36. The maximum atomic E-state index is 12.6. The van der Waals surface area contributed by atoms with Crippen LogP contribution >= 0.6 is 15.9 Å². The fourth-order valence-corrected chi connectivity index (χ4v) is 1.53. The van der Waals surface area contributed by atoms with Crippen LogP contribution in [0, 0.1) is 0 Å². The summed E-state index contributed by atoms with van der Waals surface area (Å²) in [5.74, 6) is -0.706. The van der Waals surface area contributed by atoms with Crippen molar-refractivity contribution in [3.05, 3.63) is 28.0 Å². The first-order chi connectivity index (χ1) is 7.84. The molecule has 0 aliphatic carbocycles. The van der Waals surface area contributed by atoms with Crippen molar-refractivity contribution in [2.45, 2.75) is 19.5 Å². The van der Waals surface area contributed by atoms with Crippen LogP contribution in [-0.4, -0.2) is 17.6 Å². The highest BCUT2D eigenvalue weighted by molar-refractivity contribution is 9.10. The van der Waals surface area contributed by atoms with Gasteiger partial charge in [0.15, 0.2) is 0 Å². The van der Waals surface area contributed by atoms with E-state index in [1.54, 1.807) is 6.92 Å². The highest BCUT2D eigenvalue weighted by atomic mass is 79.9. The van der Waals surface area contributed by atoms with Crippen LogP contribution in [0.1, 0.15) is 18.2 Å². The number of rotatable bonds is 3. The molecule has 0 saturated carbocycles. The Kier molecular flexibility index (Phi) is 4.50. The van der Waals surface area contributed by atoms with Crippen LogP contribution in [0.25, 0.3) is 0 Å². The lowest BCUT2D eigenvalue weighted by Gasteiger charge is -2.11. The van der Waals surface area contributed by atoms with Crippen LogP contribution in [0.5, 0.6) is 0 Å². The molecule has 0 unspecified atom stereocenters. The average molecular weight is 312 g/mol. The lowest BCUT2D eigenvalue weighted by Crippen LogP contribution is -2.16. The largest absolute Gasteiger partial charge is 0.466 e. The summed E-state index contributed by atoms with van der Waals surface area (Å²) >= 11 is 2.86. The van der Waals surface area contributed by atoms with Crippen molar-refractivity contribution in [1.29, 1.82) is 0 Å². The quantitative estimate of drug-likeness (QED) is 0.636. The minimum absolute atomic E-state index is 0.0671. The Morgan fingerprint density at radius 1 is 1.47 bits per heavy atom. The number of aromatic nitrogens is 1. The van der Waals surface area contributed by atoms with Gasteiger partial charge in [0, 0.05) is 0 Å². The van der Waals surface area contributed by atoms with Crippen molar-refractivity contribution < 1.29 is 22.7 Å². The van der Waals surface area contributed by atoms with E-state index in [9.17, 15) is 18.0 Å². The summed E-state index contributed by atoms with van der Waals surface area (Å²) in [6.45, 7) is 1.71. The number of halogens is 4. The van der Waals surface area contributed by atoms with Crippen molar-refractivity contribution >= 4 is 21.9 Å². The first-order valence-corrected chi connectivity index (χ1v) is 5.52. The molecule has 0 fully saturated rings.